The van der Waals surface area contributed by atoms with E-state index in [4.69, 9.17) is 9.47 Å². The number of carbonyl (C=O) groups excluding carboxylic acids is 2. The quantitative estimate of drug-likeness (QED) is 0.179. The van der Waals surface area contributed by atoms with E-state index in [-0.39, 0.29) is 29.3 Å². The molecule has 0 spiro atoms. The third-order valence-electron chi connectivity index (χ3n) is 7.00. The van der Waals surface area contributed by atoms with Crippen molar-refractivity contribution in [3.8, 4) is 17.2 Å². The van der Waals surface area contributed by atoms with Gasteiger partial charge in [-0.15, -0.1) is 0 Å². The van der Waals surface area contributed by atoms with Crippen molar-refractivity contribution < 1.29 is 29.0 Å². The van der Waals surface area contributed by atoms with Crippen LogP contribution in [0.15, 0.2) is 102 Å². The first-order chi connectivity index (χ1) is 20.3. The average molecular weight is 630 g/mol. The smallest absolute Gasteiger partial charge is 0.337 e. The van der Waals surface area contributed by atoms with E-state index in [9.17, 15) is 19.5 Å². The van der Waals surface area contributed by atoms with E-state index in [0.29, 0.717) is 22.6 Å². The highest BCUT2D eigenvalue weighted by molar-refractivity contribution is 9.10. The van der Waals surface area contributed by atoms with E-state index in [2.05, 4.69) is 26.6 Å². The van der Waals surface area contributed by atoms with Crippen molar-refractivity contribution in [1.29, 1.82) is 0 Å². The summed E-state index contributed by atoms with van der Waals surface area (Å²) in [4.78, 5) is 36.5. The lowest BCUT2D eigenvalue weighted by Crippen LogP contribution is -2.39. The summed E-state index contributed by atoms with van der Waals surface area (Å²) >= 11 is 3.39. The van der Waals surface area contributed by atoms with E-state index >= 15 is 0 Å². The summed E-state index contributed by atoms with van der Waals surface area (Å²) in [5.74, 6) is 0.332. The minimum Gasteiger partial charge on any atom is -0.490 e. The summed E-state index contributed by atoms with van der Waals surface area (Å²) in [5, 5.41) is 15.1. The van der Waals surface area contributed by atoms with Gasteiger partial charge < -0.3 is 25.2 Å². The molecule has 0 aromatic heterocycles. The van der Waals surface area contributed by atoms with Gasteiger partial charge in [-0.3, -0.25) is 9.59 Å². The zero-order chi connectivity index (χ0) is 29.5. The van der Waals surface area contributed by atoms with Crippen molar-refractivity contribution in [3.63, 3.8) is 0 Å². The van der Waals surface area contributed by atoms with Gasteiger partial charge in [-0.2, -0.15) is 0 Å². The Bertz CT molecular complexity index is 1550. The SMILES string of the molecule is O=C(Nc1ccccc1C(=O)O)c1ccc(Oc2ccc(OC3CCC(NC(=O)c4ccc(Br)cc4)CC3)cc2)cc1. The first-order valence-corrected chi connectivity index (χ1v) is 14.4. The zero-order valence-corrected chi connectivity index (χ0v) is 24.2. The van der Waals surface area contributed by atoms with Gasteiger partial charge in [-0.1, -0.05) is 28.1 Å². The topological polar surface area (TPSA) is 114 Å². The Morgan fingerprint density at radius 2 is 1.24 bits per heavy atom. The lowest BCUT2D eigenvalue weighted by molar-refractivity contribution is 0.0697. The molecule has 0 radical (unpaired) electrons. The normalized spacial score (nSPS) is 16.2. The van der Waals surface area contributed by atoms with Gasteiger partial charge in [0, 0.05) is 21.6 Å². The molecule has 0 unspecified atom stereocenters. The number of rotatable bonds is 9. The monoisotopic (exact) mass is 628 g/mol. The van der Waals surface area contributed by atoms with Crippen LogP contribution in [0.5, 0.6) is 17.2 Å². The molecule has 3 N–H and O–H groups in total. The molecule has 9 heteroatoms. The van der Waals surface area contributed by atoms with Crippen molar-refractivity contribution in [2.24, 2.45) is 0 Å². The van der Waals surface area contributed by atoms with Gasteiger partial charge in [0.2, 0.25) is 0 Å². The molecule has 0 aliphatic heterocycles. The van der Waals surface area contributed by atoms with Crippen LogP contribution in [0.1, 0.15) is 56.8 Å². The molecule has 4 aromatic rings. The Labute approximate surface area is 251 Å². The fourth-order valence-electron chi connectivity index (χ4n) is 4.76. The molecule has 1 aliphatic rings. The Morgan fingerprint density at radius 3 is 1.88 bits per heavy atom. The van der Waals surface area contributed by atoms with Crippen molar-refractivity contribution in [2.45, 2.75) is 37.8 Å². The molecule has 0 bridgehead atoms. The van der Waals surface area contributed by atoms with Crippen LogP contribution in [0.3, 0.4) is 0 Å². The molecule has 5 rings (SSSR count). The third kappa shape index (κ3) is 7.55. The number of halogens is 1. The second-order valence-corrected chi connectivity index (χ2v) is 10.9. The molecule has 214 valence electrons. The number of carboxylic acid groups (broad SMARTS) is 1. The zero-order valence-electron chi connectivity index (χ0n) is 22.6. The summed E-state index contributed by atoms with van der Waals surface area (Å²) in [6.45, 7) is 0. The summed E-state index contributed by atoms with van der Waals surface area (Å²) < 4.78 is 13.0. The van der Waals surface area contributed by atoms with Gasteiger partial charge in [-0.25, -0.2) is 4.79 Å². The third-order valence-corrected chi connectivity index (χ3v) is 7.53. The highest BCUT2D eigenvalue weighted by Gasteiger charge is 2.24. The Kier molecular flexibility index (Phi) is 9.18. The molecule has 0 heterocycles. The van der Waals surface area contributed by atoms with Crippen molar-refractivity contribution >= 4 is 39.4 Å². The number of hydrogen-bond acceptors (Lipinski definition) is 5. The second-order valence-electron chi connectivity index (χ2n) is 9.97. The van der Waals surface area contributed by atoms with E-state index < -0.39 is 11.9 Å². The number of hydrogen-bond donors (Lipinski definition) is 3. The summed E-state index contributed by atoms with van der Waals surface area (Å²) in [7, 11) is 0. The Balaban J connectivity index is 1.08. The Hall–Kier alpha value is -4.63. The maximum atomic E-state index is 12.6. The molecule has 42 heavy (non-hydrogen) atoms. The van der Waals surface area contributed by atoms with E-state index in [1.54, 1.807) is 42.5 Å². The molecule has 1 saturated carbocycles. The lowest BCUT2D eigenvalue weighted by Gasteiger charge is -2.29. The second kappa shape index (κ2) is 13.4. The summed E-state index contributed by atoms with van der Waals surface area (Å²) in [6.07, 6.45) is 3.50. The van der Waals surface area contributed by atoms with Gasteiger partial charge in [0.05, 0.1) is 17.4 Å². The predicted molar refractivity (Wildman–Crippen MR) is 163 cm³/mol. The van der Waals surface area contributed by atoms with Crippen molar-refractivity contribution in [3.05, 3.63) is 118 Å². The Morgan fingerprint density at radius 1 is 0.690 bits per heavy atom. The van der Waals surface area contributed by atoms with Crippen LogP contribution in [0, 0.1) is 0 Å². The predicted octanol–water partition coefficient (Wildman–Crippen LogP) is 7.31. The van der Waals surface area contributed by atoms with Gasteiger partial charge in [0.1, 0.15) is 17.2 Å². The molecule has 1 fully saturated rings. The number of carbonyl (C=O) groups is 3. The van der Waals surface area contributed by atoms with Crippen molar-refractivity contribution in [2.75, 3.05) is 5.32 Å². The molecule has 0 atom stereocenters. The molecular weight excluding hydrogens is 600 g/mol. The largest absolute Gasteiger partial charge is 0.490 e. The van der Waals surface area contributed by atoms with Gasteiger partial charge >= 0.3 is 5.97 Å². The minimum atomic E-state index is -1.11. The number of benzene rings is 4. The summed E-state index contributed by atoms with van der Waals surface area (Å²) in [5.41, 5.74) is 1.27. The molecular formula is C33H29BrN2O6. The van der Waals surface area contributed by atoms with Crippen LogP contribution in [0.2, 0.25) is 0 Å². The van der Waals surface area contributed by atoms with Gasteiger partial charge in [-0.05, 0) is 111 Å². The van der Waals surface area contributed by atoms with Crippen LogP contribution in [0.25, 0.3) is 0 Å². The number of nitrogens with one attached hydrogen (secondary N) is 2. The highest BCUT2D eigenvalue weighted by Crippen LogP contribution is 2.28. The minimum absolute atomic E-state index is 0.0204. The fourth-order valence-corrected chi connectivity index (χ4v) is 5.02. The molecule has 1 aliphatic carbocycles. The molecule has 8 nitrogen and oxygen atoms in total. The number of ether oxygens (including phenoxy) is 2. The van der Waals surface area contributed by atoms with E-state index in [1.165, 1.54) is 6.07 Å². The standard InChI is InChI=1S/C33H29BrN2O6/c34-23-9-5-21(6-10-23)31(37)35-24-11-15-26(16-12-24)42-28-19-17-27(18-20-28)41-25-13-7-22(8-14-25)32(38)36-30-4-2-1-3-29(30)33(39)40/h1-10,13-14,17-20,24,26H,11-12,15-16H2,(H,35,37)(H,36,38)(H,39,40). The van der Waals surface area contributed by atoms with Gasteiger partial charge in [0.25, 0.3) is 11.8 Å². The van der Waals surface area contributed by atoms with Crippen molar-refractivity contribution in [1.82, 2.24) is 5.32 Å². The van der Waals surface area contributed by atoms with Crippen LogP contribution in [0.4, 0.5) is 5.69 Å². The van der Waals surface area contributed by atoms with E-state index in [1.807, 2.05) is 48.5 Å². The van der Waals surface area contributed by atoms with Crippen LogP contribution in [-0.2, 0) is 0 Å². The molecule has 4 aromatic carbocycles. The van der Waals surface area contributed by atoms with E-state index in [0.717, 1.165) is 35.9 Å². The number of carboxylic acids is 1. The number of amides is 2. The summed E-state index contributed by atoms with van der Waals surface area (Å²) in [6, 6.07) is 27.7. The molecule has 2 amide bonds. The lowest BCUT2D eigenvalue weighted by atomic mass is 9.92. The highest BCUT2D eigenvalue weighted by atomic mass is 79.9. The number of anilines is 1. The van der Waals surface area contributed by atoms with Crippen LogP contribution in [-0.4, -0.2) is 35.0 Å². The average Bonchev–Trinajstić information content (AvgIpc) is 3.00. The first kappa shape index (κ1) is 28.9. The number of aromatic carboxylic acids is 1. The maximum absolute atomic E-state index is 12.6. The maximum Gasteiger partial charge on any atom is 0.337 e. The first-order valence-electron chi connectivity index (χ1n) is 13.6. The van der Waals surface area contributed by atoms with Crippen LogP contribution < -0.4 is 20.1 Å². The van der Waals surface area contributed by atoms with Crippen LogP contribution >= 0.6 is 15.9 Å². The fraction of sp³-hybridized carbons (Fsp3) is 0.182. The number of para-hydroxylation sites is 1. The van der Waals surface area contributed by atoms with Gasteiger partial charge in [0.15, 0.2) is 0 Å². The molecule has 0 saturated heterocycles.